The number of aromatic nitrogens is 2. The molecule has 0 amide bonds. The van der Waals surface area contributed by atoms with Crippen LogP contribution >= 0.6 is 0 Å². The van der Waals surface area contributed by atoms with Gasteiger partial charge in [-0.05, 0) is 31.5 Å². The Labute approximate surface area is 110 Å². The quantitative estimate of drug-likeness (QED) is 0.512. The second kappa shape index (κ2) is 5.65. The lowest BCUT2D eigenvalue weighted by atomic mass is 10.3. The molecule has 1 aromatic heterocycles. The molecule has 5 heteroatoms. The lowest BCUT2D eigenvalue weighted by molar-refractivity contribution is -0.139. The summed E-state index contributed by atoms with van der Waals surface area (Å²) < 4.78 is 18.0. The predicted molar refractivity (Wildman–Crippen MR) is 70.1 cm³/mol. The zero-order valence-electron chi connectivity index (χ0n) is 10.7. The zero-order chi connectivity index (χ0) is 13.8. The van der Waals surface area contributed by atoms with Crippen LogP contribution in [0.3, 0.4) is 0 Å². The maximum atomic E-state index is 13.0. The molecule has 0 saturated heterocycles. The zero-order valence-corrected chi connectivity index (χ0v) is 10.7. The number of nitrogens with zero attached hydrogens (tertiary/aromatic N) is 1. The highest BCUT2D eigenvalue weighted by atomic mass is 19.1. The van der Waals surface area contributed by atoms with E-state index in [-0.39, 0.29) is 11.8 Å². The van der Waals surface area contributed by atoms with Crippen LogP contribution in [0, 0.1) is 5.82 Å². The van der Waals surface area contributed by atoms with Gasteiger partial charge in [-0.1, -0.05) is 6.58 Å². The Hall–Kier alpha value is -2.17. The van der Waals surface area contributed by atoms with E-state index in [1.807, 2.05) is 0 Å². The Balaban J connectivity index is 1.88. The first-order chi connectivity index (χ1) is 9.06. The van der Waals surface area contributed by atoms with Crippen molar-refractivity contribution in [1.29, 1.82) is 0 Å². The molecule has 0 spiro atoms. The number of rotatable bonds is 5. The molecule has 0 atom stereocenters. The van der Waals surface area contributed by atoms with E-state index in [0.29, 0.717) is 30.5 Å². The molecule has 0 bridgehead atoms. The number of halogens is 1. The van der Waals surface area contributed by atoms with E-state index < -0.39 is 0 Å². The predicted octanol–water partition coefficient (Wildman–Crippen LogP) is 2.75. The van der Waals surface area contributed by atoms with Crippen LogP contribution in [-0.2, 0) is 16.0 Å². The lowest BCUT2D eigenvalue weighted by Crippen LogP contribution is -2.07. The summed E-state index contributed by atoms with van der Waals surface area (Å²) in [6.07, 6.45) is 1.29. The number of hydrogen-bond donors (Lipinski definition) is 1. The molecule has 0 fully saturated rings. The van der Waals surface area contributed by atoms with Crippen molar-refractivity contribution in [2.75, 3.05) is 6.61 Å². The highest BCUT2D eigenvalue weighted by molar-refractivity contribution is 5.86. The normalized spacial score (nSPS) is 10.6. The Bertz CT molecular complexity index is 619. The van der Waals surface area contributed by atoms with E-state index in [4.69, 9.17) is 4.74 Å². The third kappa shape index (κ3) is 3.40. The van der Waals surface area contributed by atoms with Crippen molar-refractivity contribution in [2.45, 2.75) is 19.8 Å². The van der Waals surface area contributed by atoms with Gasteiger partial charge in [-0.2, -0.15) is 0 Å². The third-order valence-corrected chi connectivity index (χ3v) is 2.63. The molecule has 0 radical (unpaired) electrons. The number of imidazole rings is 1. The number of nitrogens with one attached hydrogen (secondary N) is 1. The molecule has 0 aliphatic carbocycles. The third-order valence-electron chi connectivity index (χ3n) is 2.63. The van der Waals surface area contributed by atoms with Crippen molar-refractivity contribution in [3.8, 4) is 0 Å². The van der Waals surface area contributed by atoms with Gasteiger partial charge in [-0.3, -0.25) is 0 Å². The molecule has 19 heavy (non-hydrogen) atoms. The monoisotopic (exact) mass is 262 g/mol. The van der Waals surface area contributed by atoms with Gasteiger partial charge in [0.15, 0.2) is 0 Å². The summed E-state index contributed by atoms with van der Waals surface area (Å²) in [5, 5.41) is 0. The molecule has 100 valence electrons. The van der Waals surface area contributed by atoms with Crippen LogP contribution in [0.25, 0.3) is 11.0 Å². The summed E-state index contributed by atoms with van der Waals surface area (Å²) in [7, 11) is 0. The number of H-pyrrole nitrogens is 1. The fraction of sp³-hybridized carbons (Fsp3) is 0.286. The van der Waals surface area contributed by atoms with Gasteiger partial charge >= 0.3 is 5.97 Å². The number of aryl methyl sites for hydroxylation is 1. The van der Waals surface area contributed by atoms with Crippen LogP contribution in [0.2, 0.25) is 0 Å². The van der Waals surface area contributed by atoms with Gasteiger partial charge < -0.3 is 9.72 Å². The molecule has 0 aliphatic rings. The maximum absolute atomic E-state index is 13.0. The van der Waals surface area contributed by atoms with E-state index in [0.717, 1.165) is 11.3 Å². The van der Waals surface area contributed by atoms with Gasteiger partial charge in [0.2, 0.25) is 0 Å². The minimum Gasteiger partial charge on any atom is -0.462 e. The van der Waals surface area contributed by atoms with Crippen molar-refractivity contribution in [1.82, 2.24) is 9.97 Å². The van der Waals surface area contributed by atoms with Gasteiger partial charge in [0.1, 0.15) is 11.6 Å². The Morgan fingerprint density at radius 3 is 3.05 bits per heavy atom. The number of aromatic amines is 1. The molecule has 0 aliphatic heterocycles. The number of carbonyl (C=O) groups is 1. The van der Waals surface area contributed by atoms with Crippen LogP contribution in [0.1, 0.15) is 19.2 Å². The van der Waals surface area contributed by atoms with Crippen LogP contribution < -0.4 is 0 Å². The molecule has 2 aromatic rings. The van der Waals surface area contributed by atoms with Crippen LogP contribution in [0.5, 0.6) is 0 Å². The first-order valence-electron chi connectivity index (χ1n) is 6.03. The van der Waals surface area contributed by atoms with Gasteiger partial charge in [-0.15, -0.1) is 0 Å². The summed E-state index contributed by atoms with van der Waals surface area (Å²) in [4.78, 5) is 18.5. The standard InChI is InChI=1S/C14H15FN2O2/c1-9(2)14(18)19-7-3-4-13-16-11-6-5-10(15)8-12(11)17-13/h5-6,8H,1,3-4,7H2,2H3,(H,16,17). The lowest BCUT2D eigenvalue weighted by Gasteiger charge is -2.02. The molecule has 0 unspecified atom stereocenters. The van der Waals surface area contributed by atoms with E-state index in [2.05, 4.69) is 16.5 Å². The fourth-order valence-electron chi connectivity index (χ4n) is 1.68. The first kappa shape index (κ1) is 13.3. The molecule has 4 nitrogen and oxygen atoms in total. The van der Waals surface area contributed by atoms with E-state index in [1.54, 1.807) is 13.0 Å². The van der Waals surface area contributed by atoms with Gasteiger partial charge in [-0.25, -0.2) is 14.2 Å². The number of fused-ring (bicyclic) bond motifs is 1. The van der Waals surface area contributed by atoms with Crippen LogP contribution in [-0.4, -0.2) is 22.5 Å². The number of esters is 1. The Kier molecular flexibility index (Phi) is 3.94. The van der Waals surface area contributed by atoms with Crippen molar-refractivity contribution < 1.29 is 13.9 Å². The van der Waals surface area contributed by atoms with Crippen molar-refractivity contribution >= 4 is 17.0 Å². The smallest absolute Gasteiger partial charge is 0.333 e. The number of hydrogen-bond acceptors (Lipinski definition) is 3. The molecule has 1 heterocycles. The summed E-state index contributed by atoms with van der Waals surface area (Å²) in [5.41, 5.74) is 1.79. The van der Waals surface area contributed by atoms with Gasteiger partial charge in [0.05, 0.1) is 17.6 Å². The van der Waals surface area contributed by atoms with Crippen molar-refractivity contribution in [3.63, 3.8) is 0 Å². The highest BCUT2D eigenvalue weighted by Crippen LogP contribution is 2.13. The van der Waals surface area contributed by atoms with E-state index in [1.165, 1.54) is 12.1 Å². The molecule has 1 N–H and O–H groups in total. The molecular formula is C14H15FN2O2. The summed E-state index contributed by atoms with van der Waals surface area (Å²) in [5.74, 6) is 0.0803. The maximum Gasteiger partial charge on any atom is 0.333 e. The van der Waals surface area contributed by atoms with Gasteiger partial charge in [0, 0.05) is 12.0 Å². The average molecular weight is 262 g/mol. The van der Waals surface area contributed by atoms with Crippen LogP contribution in [0.15, 0.2) is 30.4 Å². The largest absolute Gasteiger partial charge is 0.462 e. The Morgan fingerprint density at radius 2 is 2.32 bits per heavy atom. The number of ether oxygens (including phenoxy) is 1. The number of benzene rings is 1. The second-order valence-corrected chi connectivity index (χ2v) is 4.36. The summed E-state index contributed by atoms with van der Waals surface area (Å²) in [6, 6.07) is 4.42. The second-order valence-electron chi connectivity index (χ2n) is 4.36. The SMILES string of the molecule is C=C(C)C(=O)OCCCc1nc2ccc(F)cc2[nH]1. The van der Waals surface area contributed by atoms with Crippen molar-refractivity contribution in [2.24, 2.45) is 0 Å². The molecular weight excluding hydrogens is 247 g/mol. The Morgan fingerprint density at radius 1 is 1.53 bits per heavy atom. The highest BCUT2D eigenvalue weighted by Gasteiger charge is 2.05. The van der Waals surface area contributed by atoms with E-state index >= 15 is 0 Å². The first-order valence-corrected chi connectivity index (χ1v) is 6.03. The molecule has 0 saturated carbocycles. The number of carbonyl (C=O) groups excluding carboxylic acids is 1. The van der Waals surface area contributed by atoms with Crippen molar-refractivity contribution in [3.05, 3.63) is 42.0 Å². The topological polar surface area (TPSA) is 55.0 Å². The van der Waals surface area contributed by atoms with Crippen LogP contribution in [0.4, 0.5) is 4.39 Å². The molecule has 2 rings (SSSR count). The van der Waals surface area contributed by atoms with Gasteiger partial charge in [0.25, 0.3) is 0 Å². The minimum absolute atomic E-state index is 0.293. The summed E-state index contributed by atoms with van der Waals surface area (Å²) in [6.45, 7) is 5.42. The average Bonchev–Trinajstić information content (AvgIpc) is 2.75. The van der Waals surface area contributed by atoms with E-state index in [9.17, 15) is 9.18 Å². The fourth-order valence-corrected chi connectivity index (χ4v) is 1.68. The molecule has 1 aromatic carbocycles. The minimum atomic E-state index is -0.383. The summed E-state index contributed by atoms with van der Waals surface area (Å²) >= 11 is 0.